The van der Waals surface area contributed by atoms with Gasteiger partial charge in [0.1, 0.15) is 12.3 Å². The van der Waals surface area contributed by atoms with Gasteiger partial charge in [-0.05, 0) is 49.1 Å². The maximum absolute atomic E-state index is 13.0. The molecule has 1 aromatic heterocycles. The number of carbonyl (C=O) groups excluding carboxylic acids is 2. The van der Waals surface area contributed by atoms with Gasteiger partial charge in [-0.2, -0.15) is 5.26 Å². The first-order valence-electron chi connectivity index (χ1n) is 11.1. The molecule has 0 radical (unpaired) electrons. The number of aromatic nitrogens is 1. The predicted molar refractivity (Wildman–Crippen MR) is 131 cm³/mol. The molecule has 10 heteroatoms. The summed E-state index contributed by atoms with van der Waals surface area (Å²) in [6.07, 6.45) is 7.30. The summed E-state index contributed by atoms with van der Waals surface area (Å²) in [5.74, 6) is 0.365. The lowest BCUT2D eigenvalue weighted by Gasteiger charge is -2.26. The van der Waals surface area contributed by atoms with Crippen molar-refractivity contribution in [1.29, 1.82) is 10.7 Å². The first-order valence-corrected chi connectivity index (χ1v) is 12.3. The number of rotatable bonds is 7. The van der Waals surface area contributed by atoms with Crippen molar-refractivity contribution < 1.29 is 14.3 Å². The number of ether oxygens (including phenoxy) is 1. The van der Waals surface area contributed by atoms with Crippen LogP contribution in [0.3, 0.4) is 0 Å². The van der Waals surface area contributed by atoms with Gasteiger partial charge < -0.3 is 25.7 Å². The van der Waals surface area contributed by atoms with E-state index in [1.165, 1.54) is 22.9 Å². The summed E-state index contributed by atoms with van der Waals surface area (Å²) >= 11 is 1.52. The minimum absolute atomic E-state index is 0.126. The zero-order valence-electron chi connectivity index (χ0n) is 18.6. The second-order valence-electron chi connectivity index (χ2n) is 8.03. The van der Waals surface area contributed by atoms with Crippen LogP contribution >= 0.6 is 11.8 Å². The summed E-state index contributed by atoms with van der Waals surface area (Å²) < 4.78 is 5.78. The molecule has 2 atom stereocenters. The smallest absolute Gasteiger partial charge is 0.252 e. The van der Waals surface area contributed by atoms with Crippen LogP contribution in [0.25, 0.3) is 16.6 Å². The highest BCUT2D eigenvalue weighted by molar-refractivity contribution is 7.99. The molecule has 0 saturated carbocycles. The van der Waals surface area contributed by atoms with E-state index in [1.807, 2.05) is 18.2 Å². The van der Waals surface area contributed by atoms with E-state index in [2.05, 4.69) is 21.7 Å². The number of benzene rings is 1. The fourth-order valence-corrected chi connectivity index (χ4v) is 5.10. The Morgan fingerprint density at radius 2 is 2.24 bits per heavy atom. The van der Waals surface area contributed by atoms with Crippen molar-refractivity contribution in [3.63, 3.8) is 0 Å². The van der Waals surface area contributed by atoms with Crippen LogP contribution in [0.2, 0.25) is 0 Å². The molecule has 34 heavy (non-hydrogen) atoms. The number of nitrogens with zero attached hydrogens (tertiary/aromatic N) is 3. The number of pyridine rings is 1. The molecule has 2 aliphatic rings. The number of nitriles is 1. The third-order valence-corrected chi connectivity index (χ3v) is 6.81. The number of allylic oxidation sites excluding steroid dienone is 1. The number of thioether (sulfide) groups is 1. The second kappa shape index (κ2) is 11.1. The number of amides is 2. The second-order valence-corrected chi connectivity index (χ2v) is 9.03. The monoisotopic (exact) mass is 478 g/mol. The van der Waals surface area contributed by atoms with Gasteiger partial charge in [-0.15, -0.1) is 11.8 Å². The van der Waals surface area contributed by atoms with Gasteiger partial charge >= 0.3 is 0 Å². The molecule has 2 fully saturated rings. The molecule has 2 saturated heterocycles. The Kier molecular flexibility index (Phi) is 7.77. The lowest BCUT2D eigenvalue weighted by Crippen LogP contribution is -2.42. The van der Waals surface area contributed by atoms with Crippen molar-refractivity contribution in [2.45, 2.75) is 31.5 Å². The van der Waals surface area contributed by atoms with Gasteiger partial charge in [0.15, 0.2) is 0 Å². The third-order valence-electron chi connectivity index (χ3n) is 5.80. The molecule has 3 N–H and O–H groups in total. The van der Waals surface area contributed by atoms with Gasteiger partial charge in [-0.3, -0.25) is 14.6 Å². The Labute approximate surface area is 202 Å². The first-order chi connectivity index (χ1) is 16.6. The normalized spacial score (nSPS) is 20.6. The van der Waals surface area contributed by atoms with Crippen LogP contribution < -0.4 is 10.6 Å². The SMILES string of the molecule is N#CC1CSCN1C(=O)CNC(=O)c1ccnc2ccc(/C(=C/C=N)NC3CCCCO3)cc12. The standard InChI is InChI=1S/C24H26N6O3S/c25-8-6-20(29-22-3-1-2-10-33-22)16-4-5-21-19(11-16)18(7-9-27-21)24(32)28-13-23(31)30-15-34-14-17(30)12-26/h4-9,11,17,22,25,29H,1-3,10,13-15H2,(H,28,32)/b20-6-,25-8?. The molecule has 0 bridgehead atoms. The van der Waals surface area contributed by atoms with Gasteiger partial charge in [0.25, 0.3) is 5.91 Å². The third kappa shape index (κ3) is 5.38. The average Bonchev–Trinajstić information content (AvgIpc) is 3.36. The van der Waals surface area contributed by atoms with Gasteiger partial charge in [-0.25, -0.2) is 0 Å². The van der Waals surface area contributed by atoms with Crippen molar-refractivity contribution in [3.8, 4) is 6.07 Å². The Morgan fingerprint density at radius 1 is 1.35 bits per heavy atom. The van der Waals surface area contributed by atoms with Crippen LogP contribution in [0.15, 0.2) is 36.5 Å². The number of nitrogens with one attached hydrogen (secondary N) is 3. The van der Waals surface area contributed by atoms with Crippen molar-refractivity contribution in [2.75, 3.05) is 24.8 Å². The molecule has 2 aliphatic heterocycles. The first kappa shape index (κ1) is 23.7. The molecule has 2 amide bonds. The van der Waals surface area contributed by atoms with Crippen molar-refractivity contribution in [3.05, 3.63) is 47.7 Å². The van der Waals surface area contributed by atoms with E-state index in [-0.39, 0.29) is 24.6 Å². The number of fused-ring (bicyclic) bond motifs is 1. The lowest BCUT2D eigenvalue weighted by atomic mass is 10.0. The maximum Gasteiger partial charge on any atom is 0.252 e. The fourth-order valence-electron chi connectivity index (χ4n) is 4.00. The summed E-state index contributed by atoms with van der Waals surface area (Å²) in [4.78, 5) is 31.3. The number of hydrogen-bond donors (Lipinski definition) is 3. The average molecular weight is 479 g/mol. The molecule has 0 spiro atoms. The molecule has 3 heterocycles. The highest BCUT2D eigenvalue weighted by atomic mass is 32.2. The van der Waals surface area contributed by atoms with Gasteiger partial charge in [-0.1, -0.05) is 6.07 Å². The van der Waals surface area contributed by atoms with E-state index in [4.69, 9.17) is 10.1 Å². The summed E-state index contributed by atoms with van der Waals surface area (Å²) in [6, 6.07) is 8.85. The van der Waals surface area contributed by atoms with Crippen LogP contribution in [-0.2, 0) is 9.53 Å². The zero-order valence-corrected chi connectivity index (χ0v) is 19.4. The zero-order chi connectivity index (χ0) is 23.9. The molecular formula is C24H26N6O3S. The number of carbonyl (C=O) groups is 2. The lowest BCUT2D eigenvalue weighted by molar-refractivity contribution is -0.129. The number of hydrogen-bond acceptors (Lipinski definition) is 8. The summed E-state index contributed by atoms with van der Waals surface area (Å²) in [5.41, 5.74) is 2.57. The van der Waals surface area contributed by atoms with Gasteiger partial charge in [0, 0.05) is 35.9 Å². The predicted octanol–water partition coefficient (Wildman–Crippen LogP) is 2.50. The van der Waals surface area contributed by atoms with Gasteiger partial charge in [0.05, 0.1) is 29.6 Å². The van der Waals surface area contributed by atoms with Crippen molar-refractivity contribution in [2.24, 2.45) is 0 Å². The van der Waals surface area contributed by atoms with Crippen molar-refractivity contribution in [1.82, 2.24) is 20.5 Å². The van der Waals surface area contributed by atoms with E-state index in [9.17, 15) is 14.9 Å². The van der Waals surface area contributed by atoms with Crippen LogP contribution in [0, 0.1) is 16.7 Å². The summed E-state index contributed by atoms with van der Waals surface area (Å²) in [6.45, 7) is 0.520. The fraction of sp³-hybridized carbons (Fsp3) is 0.375. The van der Waals surface area contributed by atoms with Crippen LogP contribution in [0.5, 0.6) is 0 Å². The highest BCUT2D eigenvalue weighted by Gasteiger charge is 2.29. The minimum atomic E-state index is -0.460. The molecule has 0 aliphatic carbocycles. The minimum Gasteiger partial charge on any atom is -0.360 e. The van der Waals surface area contributed by atoms with Crippen LogP contribution in [0.1, 0.15) is 35.2 Å². The molecule has 2 unspecified atom stereocenters. The summed E-state index contributed by atoms with van der Waals surface area (Å²) in [7, 11) is 0. The maximum atomic E-state index is 13.0. The van der Waals surface area contributed by atoms with E-state index in [0.29, 0.717) is 34.7 Å². The molecular weight excluding hydrogens is 452 g/mol. The Morgan fingerprint density at radius 3 is 3.00 bits per heavy atom. The van der Waals surface area contributed by atoms with Gasteiger partial charge in [0.2, 0.25) is 5.91 Å². The highest BCUT2D eigenvalue weighted by Crippen LogP contribution is 2.24. The molecule has 176 valence electrons. The topological polar surface area (TPSA) is 131 Å². The molecule has 2 aromatic rings. The van der Waals surface area contributed by atoms with Crippen molar-refractivity contribution >= 4 is 46.4 Å². The Balaban J connectivity index is 1.53. The quantitative estimate of drug-likeness (QED) is 0.521. The van der Waals surface area contributed by atoms with Crippen LogP contribution in [0.4, 0.5) is 0 Å². The van der Waals surface area contributed by atoms with E-state index >= 15 is 0 Å². The molecule has 4 rings (SSSR count). The molecule has 1 aromatic carbocycles. The Bertz CT molecular complexity index is 1160. The molecule has 9 nitrogen and oxygen atoms in total. The largest absolute Gasteiger partial charge is 0.360 e. The van der Waals surface area contributed by atoms with E-state index in [0.717, 1.165) is 30.5 Å². The summed E-state index contributed by atoms with van der Waals surface area (Å²) in [5, 5.41) is 23.4. The van der Waals surface area contributed by atoms with E-state index < -0.39 is 6.04 Å². The Hall–Kier alpha value is -3.42. The van der Waals surface area contributed by atoms with Crippen LogP contribution in [-0.4, -0.2) is 65.0 Å². The van der Waals surface area contributed by atoms with E-state index in [1.54, 1.807) is 18.3 Å².